The van der Waals surface area contributed by atoms with Gasteiger partial charge in [-0.1, -0.05) is 6.92 Å². The zero-order chi connectivity index (χ0) is 10.4. The molecule has 0 aromatic carbocycles. The Kier molecular flexibility index (Phi) is 4.92. The van der Waals surface area contributed by atoms with Crippen LogP contribution in [0.15, 0.2) is 0 Å². The fraction of sp³-hybridized carbons (Fsp3) is 0.909. The molecule has 0 bridgehead atoms. The lowest BCUT2D eigenvalue weighted by Crippen LogP contribution is -2.39. The van der Waals surface area contributed by atoms with E-state index in [-0.39, 0.29) is 5.92 Å². The summed E-state index contributed by atoms with van der Waals surface area (Å²) in [5, 5.41) is 8.87. The van der Waals surface area contributed by atoms with E-state index in [0.717, 1.165) is 39.0 Å². The van der Waals surface area contributed by atoms with E-state index < -0.39 is 0 Å². The lowest BCUT2D eigenvalue weighted by Gasteiger charge is -2.32. The third-order valence-corrected chi connectivity index (χ3v) is 3.00. The van der Waals surface area contributed by atoms with Crippen molar-refractivity contribution in [3.63, 3.8) is 0 Å². The van der Waals surface area contributed by atoms with Crippen LogP contribution in [0, 0.1) is 17.2 Å². The van der Waals surface area contributed by atoms with Crippen LogP contribution in [0.4, 0.5) is 0 Å². The van der Waals surface area contributed by atoms with Gasteiger partial charge in [0.05, 0.1) is 12.0 Å². The molecule has 0 amide bonds. The van der Waals surface area contributed by atoms with Gasteiger partial charge in [0.1, 0.15) is 0 Å². The summed E-state index contributed by atoms with van der Waals surface area (Å²) in [7, 11) is 2.12. The highest BCUT2D eigenvalue weighted by Crippen LogP contribution is 2.14. The monoisotopic (exact) mass is 196 g/mol. The molecule has 0 aromatic rings. The molecule has 1 aliphatic heterocycles. The van der Waals surface area contributed by atoms with Crippen molar-refractivity contribution in [3.05, 3.63) is 0 Å². The Balaban J connectivity index is 2.32. The molecule has 3 nitrogen and oxygen atoms in total. The van der Waals surface area contributed by atoms with Crippen LogP contribution in [0.2, 0.25) is 0 Å². The average Bonchev–Trinajstić information content (AvgIpc) is 2.26. The van der Waals surface area contributed by atoms with Crippen molar-refractivity contribution < 1.29 is 4.74 Å². The SMILES string of the molecule is CCC(C#N)CN(C)C1CCOCC1. The summed E-state index contributed by atoms with van der Waals surface area (Å²) < 4.78 is 5.32. The highest BCUT2D eigenvalue weighted by molar-refractivity contribution is 4.85. The number of hydrogen-bond acceptors (Lipinski definition) is 3. The van der Waals surface area contributed by atoms with Crippen LogP contribution in [0.3, 0.4) is 0 Å². The number of rotatable bonds is 4. The molecule has 14 heavy (non-hydrogen) atoms. The van der Waals surface area contributed by atoms with Crippen LogP contribution < -0.4 is 0 Å². The topological polar surface area (TPSA) is 36.3 Å². The second-order valence-electron chi connectivity index (χ2n) is 4.02. The van der Waals surface area contributed by atoms with Gasteiger partial charge >= 0.3 is 0 Å². The first-order valence-corrected chi connectivity index (χ1v) is 5.45. The van der Waals surface area contributed by atoms with E-state index in [1.165, 1.54) is 0 Å². The molecule has 80 valence electrons. The van der Waals surface area contributed by atoms with Gasteiger partial charge in [-0.15, -0.1) is 0 Å². The lowest BCUT2D eigenvalue weighted by atomic mass is 10.0. The summed E-state index contributed by atoms with van der Waals surface area (Å²) in [6, 6.07) is 2.97. The quantitative estimate of drug-likeness (QED) is 0.686. The molecular formula is C11H20N2O. The van der Waals surface area contributed by atoms with Gasteiger partial charge in [-0.25, -0.2) is 0 Å². The Hall–Kier alpha value is -0.590. The predicted octanol–water partition coefficient (Wildman–Crippen LogP) is 1.65. The maximum absolute atomic E-state index is 8.87. The van der Waals surface area contributed by atoms with Crippen LogP contribution >= 0.6 is 0 Å². The van der Waals surface area contributed by atoms with Crippen molar-refractivity contribution in [3.8, 4) is 6.07 Å². The second kappa shape index (κ2) is 6.00. The first-order chi connectivity index (χ1) is 6.77. The molecule has 0 radical (unpaired) electrons. The van der Waals surface area contributed by atoms with E-state index in [0.29, 0.717) is 6.04 Å². The van der Waals surface area contributed by atoms with Crippen molar-refractivity contribution in [1.29, 1.82) is 5.26 Å². The Morgan fingerprint density at radius 2 is 2.14 bits per heavy atom. The molecular weight excluding hydrogens is 176 g/mol. The Morgan fingerprint density at radius 1 is 1.50 bits per heavy atom. The number of ether oxygens (including phenoxy) is 1. The van der Waals surface area contributed by atoms with E-state index in [1.54, 1.807) is 0 Å². The molecule has 1 saturated heterocycles. The Morgan fingerprint density at radius 3 is 2.64 bits per heavy atom. The van der Waals surface area contributed by atoms with E-state index in [1.807, 2.05) is 0 Å². The highest BCUT2D eigenvalue weighted by Gasteiger charge is 2.20. The van der Waals surface area contributed by atoms with Crippen LogP contribution in [-0.4, -0.2) is 37.7 Å². The molecule has 1 fully saturated rings. The first kappa shape index (κ1) is 11.5. The van der Waals surface area contributed by atoms with Gasteiger partial charge in [-0.3, -0.25) is 0 Å². The van der Waals surface area contributed by atoms with Gasteiger partial charge < -0.3 is 9.64 Å². The number of nitrogens with zero attached hydrogens (tertiary/aromatic N) is 2. The first-order valence-electron chi connectivity index (χ1n) is 5.45. The summed E-state index contributed by atoms with van der Waals surface area (Å²) in [5.41, 5.74) is 0. The van der Waals surface area contributed by atoms with Crippen LogP contribution in [0.1, 0.15) is 26.2 Å². The summed E-state index contributed by atoms with van der Waals surface area (Å²) in [6.45, 7) is 4.72. The Labute approximate surface area is 86.6 Å². The van der Waals surface area contributed by atoms with Crippen molar-refractivity contribution in [2.75, 3.05) is 26.8 Å². The van der Waals surface area contributed by atoms with Gasteiger partial charge in [0.2, 0.25) is 0 Å². The summed E-state index contributed by atoms with van der Waals surface area (Å²) in [4.78, 5) is 2.32. The van der Waals surface area contributed by atoms with E-state index in [4.69, 9.17) is 10.00 Å². The molecule has 1 unspecified atom stereocenters. The molecule has 1 atom stereocenters. The molecule has 1 heterocycles. The summed E-state index contributed by atoms with van der Waals surface area (Å²) in [6.07, 6.45) is 3.17. The minimum Gasteiger partial charge on any atom is -0.381 e. The van der Waals surface area contributed by atoms with Gasteiger partial charge in [-0.05, 0) is 26.3 Å². The lowest BCUT2D eigenvalue weighted by molar-refractivity contribution is 0.0403. The molecule has 3 heteroatoms. The third-order valence-electron chi connectivity index (χ3n) is 3.00. The number of hydrogen-bond donors (Lipinski definition) is 0. The van der Waals surface area contributed by atoms with Crippen LogP contribution in [0.25, 0.3) is 0 Å². The molecule has 0 N–H and O–H groups in total. The fourth-order valence-electron chi connectivity index (χ4n) is 1.88. The zero-order valence-electron chi connectivity index (χ0n) is 9.20. The third kappa shape index (κ3) is 3.28. The standard InChI is InChI=1S/C11H20N2O/c1-3-10(8-12)9-13(2)11-4-6-14-7-5-11/h10-11H,3-7,9H2,1-2H3. The molecule has 0 aliphatic carbocycles. The molecule has 1 aliphatic rings. The fourth-order valence-corrected chi connectivity index (χ4v) is 1.88. The van der Waals surface area contributed by atoms with Gasteiger partial charge in [0.15, 0.2) is 0 Å². The van der Waals surface area contributed by atoms with Crippen LogP contribution in [0.5, 0.6) is 0 Å². The Bertz CT molecular complexity index is 194. The van der Waals surface area contributed by atoms with Crippen molar-refractivity contribution >= 4 is 0 Å². The van der Waals surface area contributed by atoms with Crippen molar-refractivity contribution in [1.82, 2.24) is 4.90 Å². The smallest absolute Gasteiger partial charge is 0.0669 e. The number of nitriles is 1. The highest BCUT2D eigenvalue weighted by atomic mass is 16.5. The zero-order valence-corrected chi connectivity index (χ0v) is 9.20. The van der Waals surface area contributed by atoms with Gasteiger partial charge in [0.25, 0.3) is 0 Å². The second-order valence-corrected chi connectivity index (χ2v) is 4.02. The molecule has 0 spiro atoms. The van der Waals surface area contributed by atoms with Crippen molar-refractivity contribution in [2.24, 2.45) is 5.92 Å². The maximum atomic E-state index is 8.87. The molecule has 0 saturated carbocycles. The normalized spacial score (nSPS) is 20.7. The average molecular weight is 196 g/mol. The molecule has 1 rings (SSSR count). The minimum atomic E-state index is 0.183. The van der Waals surface area contributed by atoms with Crippen molar-refractivity contribution in [2.45, 2.75) is 32.2 Å². The predicted molar refractivity (Wildman–Crippen MR) is 55.9 cm³/mol. The largest absolute Gasteiger partial charge is 0.381 e. The van der Waals surface area contributed by atoms with Crippen LogP contribution in [-0.2, 0) is 4.74 Å². The van der Waals surface area contributed by atoms with E-state index in [9.17, 15) is 0 Å². The maximum Gasteiger partial charge on any atom is 0.0669 e. The summed E-state index contributed by atoms with van der Waals surface area (Å²) >= 11 is 0. The molecule has 0 aromatic heterocycles. The van der Waals surface area contributed by atoms with E-state index in [2.05, 4.69) is 24.9 Å². The summed E-state index contributed by atoms with van der Waals surface area (Å²) in [5.74, 6) is 0.183. The van der Waals surface area contributed by atoms with Gasteiger partial charge in [-0.2, -0.15) is 5.26 Å². The van der Waals surface area contributed by atoms with E-state index >= 15 is 0 Å². The van der Waals surface area contributed by atoms with Gasteiger partial charge in [0, 0.05) is 25.8 Å². The minimum absolute atomic E-state index is 0.183.